The monoisotopic (exact) mass is 337 g/mol. The molecule has 0 radical (unpaired) electrons. The summed E-state index contributed by atoms with van der Waals surface area (Å²) in [5.74, 6) is -0.491. The summed E-state index contributed by atoms with van der Waals surface area (Å²) in [6, 6.07) is 3.49. The number of benzene rings is 1. The van der Waals surface area contributed by atoms with Crippen molar-refractivity contribution in [3.8, 4) is 0 Å². The Morgan fingerprint density at radius 2 is 2.04 bits per heavy atom. The molecule has 1 aliphatic carbocycles. The van der Waals surface area contributed by atoms with Crippen molar-refractivity contribution in [1.82, 2.24) is 10.2 Å². The number of nitrogens with one attached hydrogen (secondary N) is 1. The summed E-state index contributed by atoms with van der Waals surface area (Å²) >= 11 is 6.02. The second kappa shape index (κ2) is 6.16. The fourth-order valence-corrected chi connectivity index (χ4v) is 3.01. The molecule has 1 saturated heterocycles. The molecule has 3 rings (SSSR count). The van der Waals surface area contributed by atoms with Gasteiger partial charge in [0, 0.05) is 24.7 Å². The number of nitro benzene ring substituents is 1. The molecule has 0 unspecified atom stereocenters. The van der Waals surface area contributed by atoms with Crippen LogP contribution in [-0.4, -0.2) is 40.3 Å². The summed E-state index contributed by atoms with van der Waals surface area (Å²) in [6.45, 7) is 0.481. The third kappa shape index (κ3) is 3.29. The van der Waals surface area contributed by atoms with Crippen LogP contribution in [0.5, 0.6) is 0 Å². The molecule has 2 aliphatic rings. The fraction of sp³-hybridized carbons (Fsp3) is 0.467. The molecule has 2 amide bonds. The van der Waals surface area contributed by atoms with E-state index in [1.165, 1.54) is 17.0 Å². The van der Waals surface area contributed by atoms with Gasteiger partial charge in [0.25, 0.3) is 11.6 Å². The fourth-order valence-electron chi connectivity index (χ4n) is 2.75. The van der Waals surface area contributed by atoms with Crippen LogP contribution >= 0.6 is 11.6 Å². The number of hydrogen-bond acceptors (Lipinski definition) is 4. The molecule has 8 heteroatoms. The Labute approximate surface area is 137 Å². The number of nitrogens with zero attached hydrogens (tertiary/aromatic N) is 2. The normalized spacial score (nSPS) is 20.4. The van der Waals surface area contributed by atoms with E-state index in [4.69, 9.17) is 11.6 Å². The van der Waals surface area contributed by atoms with Crippen LogP contribution in [0.15, 0.2) is 18.2 Å². The molecule has 1 N–H and O–H groups in total. The highest BCUT2D eigenvalue weighted by atomic mass is 35.5. The zero-order valence-corrected chi connectivity index (χ0v) is 13.1. The lowest BCUT2D eigenvalue weighted by Gasteiger charge is -2.24. The van der Waals surface area contributed by atoms with Gasteiger partial charge in [-0.25, -0.2) is 0 Å². The Kier molecular flexibility index (Phi) is 4.21. The van der Waals surface area contributed by atoms with Crippen molar-refractivity contribution >= 4 is 29.1 Å². The molecule has 1 aromatic rings. The Balaban J connectivity index is 1.78. The van der Waals surface area contributed by atoms with Crippen LogP contribution in [0, 0.1) is 10.1 Å². The maximum atomic E-state index is 12.7. The molecule has 0 bridgehead atoms. The topological polar surface area (TPSA) is 92.6 Å². The van der Waals surface area contributed by atoms with Crippen LogP contribution < -0.4 is 5.32 Å². The van der Waals surface area contributed by atoms with Gasteiger partial charge in [0.15, 0.2) is 0 Å². The number of hydrogen-bond donors (Lipinski definition) is 1. The standard InChI is InChI=1S/C15H16ClN3O4/c16-12-8-10(19(22)23)5-6-11(12)15(21)18-7-1-2-13(18)14(20)17-9-3-4-9/h5-6,8-9,13H,1-4,7H2,(H,17,20)/t13-/m0/s1. The number of rotatable bonds is 4. The number of amides is 2. The van der Waals surface area contributed by atoms with Gasteiger partial charge >= 0.3 is 0 Å². The average Bonchev–Trinajstić information content (AvgIpc) is 3.18. The number of halogens is 1. The van der Waals surface area contributed by atoms with Gasteiger partial charge in [-0.15, -0.1) is 0 Å². The van der Waals surface area contributed by atoms with E-state index in [1.807, 2.05) is 0 Å². The SMILES string of the molecule is O=C(NC1CC1)[C@@H]1CCCN1C(=O)c1ccc([N+](=O)[O-])cc1Cl. The van der Waals surface area contributed by atoms with E-state index in [1.54, 1.807) is 0 Å². The number of nitro groups is 1. The lowest BCUT2D eigenvalue weighted by Crippen LogP contribution is -2.46. The van der Waals surface area contributed by atoms with Crippen molar-refractivity contribution in [2.75, 3.05) is 6.54 Å². The van der Waals surface area contributed by atoms with Crippen molar-refractivity contribution in [2.24, 2.45) is 0 Å². The average molecular weight is 338 g/mol. The van der Waals surface area contributed by atoms with Crippen LogP contribution in [0.25, 0.3) is 0 Å². The van der Waals surface area contributed by atoms with Crippen molar-refractivity contribution in [3.63, 3.8) is 0 Å². The van der Waals surface area contributed by atoms with E-state index in [2.05, 4.69) is 5.32 Å². The molecule has 122 valence electrons. The molecular weight excluding hydrogens is 322 g/mol. The molecule has 1 atom stereocenters. The number of carbonyl (C=O) groups excluding carboxylic acids is 2. The molecule has 23 heavy (non-hydrogen) atoms. The predicted molar refractivity (Wildman–Crippen MR) is 83.3 cm³/mol. The number of carbonyl (C=O) groups is 2. The van der Waals surface area contributed by atoms with Gasteiger partial charge in [-0.2, -0.15) is 0 Å². The summed E-state index contributed by atoms with van der Waals surface area (Å²) in [5.41, 5.74) is 0.0133. The Morgan fingerprint density at radius 1 is 1.30 bits per heavy atom. The summed E-state index contributed by atoms with van der Waals surface area (Å²) in [7, 11) is 0. The summed E-state index contributed by atoms with van der Waals surface area (Å²) in [6.07, 6.45) is 3.34. The van der Waals surface area contributed by atoms with E-state index in [0.29, 0.717) is 13.0 Å². The molecule has 1 saturated carbocycles. The largest absolute Gasteiger partial charge is 0.352 e. The molecule has 1 heterocycles. The summed E-state index contributed by atoms with van der Waals surface area (Å²) in [4.78, 5) is 36.6. The van der Waals surface area contributed by atoms with E-state index >= 15 is 0 Å². The molecule has 1 aliphatic heterocycles. The van der Waals surface area contributed by atoms with Gasteiger partial charge in [-0.1, -0.05) is 11.6 Å². The van der Waals surface area contributed by atoms with Crippen LogP contribution in [0.4, 0.5) is 5.69 Å². The van der Waals surface area contributed by atoms with Crippen LogP contribution in [0.1, 0.15) is 36.0 Å². The second-order valence-corrected chi connectivity index (χ2v) is 6.27. The highest BCUT2D eigenvalue weighted by Crippen LogP contribution is 2.28. The van der Waals surface area contributed by atoms with Crippen LogP contribution in [0.2, 0.25) is 5.02 Å². The van der Waals surface area contributed by atoms with Crippen LogP contribution in [-0.2, 0) is 4.79 Å². The maximum Gasteiger partial charge on any atom is 0.270 e. The molecule has 2 fully saturated rings. The van der Waals surface area contributed by atoms with Crippen molar-refractivity contribution in [3.05, 3.63) is 38.9 Å². The highest BCUT2D eigenvalue weighted by molar-refractivity contribution is 6.34. The molecule has 7 nitrogen and oxygen atoms in total. The van der Waals surface area contributed by atoms with E-state index in [9.17, 15) is 19.7 Å². The third-order valence-electron chi connectivity index (χ3n) is 4.13. The van der Waals surface area contributed by atoms with Crippen LogP contribution in [0.3, 0.4) is 0 Å². The van der Waals surface area contributed by atoms with Gasteiger partial charge in [0.1, 0.15) is 6.04 Å². The Hall–Kier alpha value is -2.15. The molecule has 1 aromatic carbocycles. The third-order valence-corrected chi connectivity index (χ3v) is 4.45. The van der Waals surface area contributed by atoms with Gasteiger partial charge in [0.2, 0.25) is 5.91 Å². The second-order valence-electron chi connectivity index (χ2n) is 5.86. The first-order valence-corrected chi connectivity index (χ1v) is 7.90. The molecule has 0 spiro atoms. The minimum atomic E-state index is -0.568. The highest BCUT2D eigenvalue weighted by Gasteiger charge is 2.37. The first-order valence-electron chi connectivity index (χ1n) is 7.52. The zero-order chi connectivity index (χ0) is 16.6. The molecular formula is C15H16ClN3O4. The maximum absolute atomic E-state index is 12.7. The summed E-state index contributed by atoms with van der Waals surface area (Å²) in [5, 5.41) is 13.7. The predicted octanol–water partition coefficient (Wildman–Crippen LogP) is 2.13. The minimum absolute atomic E-state index is 0.0254. The van der Waals surface area contributed by atoms with E-state index < -0.39 is 11.0 Å². The Bertz CT molecular complexity index is 675. The van der Waals surface area contributed by atoms with Crippen molar-refractivity contribution in [1.29, 1.82) is 0 Å². The van der Waals surface area contributed by atoms with Gasteiger partial charge in [0.05, 0.1) is 15.5 Å². The molecule has 0 aromatic heterocycles. The smallest absolute Gasteiger partial charge is 0.270 e. The van der Waals surface area contributed by atoms with Crippen molar-refractivity contribution < 1.29 is 14.5 Å². The van der Waals surface area contributed by atoms with Gasteiger partial charge < -0.3 is 10.2 Å². The minimum Gasteiger partial charge on any atom is -0.352 e. The van der Waals surface area contributed by atoms with Crippen molar-refractivity contribution in [2.45, 2.75) is 37.8 Å². The lowest BCUT2D eigenvalue weighted by atomic mass is 10.1. The van der Waals surface area contributed by atoms with E-state index in [0.717, 1.165) is 25.3 Å². The number of non-ortho nitro benzene ring substituents is 1. The Morgan fingerprint density at radius 3 is 2.65 bits per heavy atom. The van der Waals surface area contributed by atoms with Gasteiger partial charge in [-0.3, -0.25) is 19.7 Å². The lowest BCUT2D eigenvalue weighted by molar-refractivity contribution is -0.384. The quantitative estimate of drug-likeness (QED) is 0.673. The van der Waals surface area contributed by atoms with E-state index in [-0.39, 0.29) is 34.1 Å². The zero-order valence-electron chi connectivity index (χ0n) is 12.3. The van der Waals surface area contributed by atoms with Gasteiger partial charge in [-0.05, 0) is 31.7 Å². The first kappa shape index (κ1) is 15.7. The number of likely N-dealkylation sites (tertiary alicyclic amines) is 1. The first-order chi connectivity index (χ1) is 11.0. The summed E-state index contributed by atoms with van der Waals surface area (Å²) < 4.78 is 0.